The Hall–Kier alpha value is -5.24. The number of benzene rings is 6. The van der Waals surface area contributed by atoms with Crippen molar-refractivity contribution in [3.05, 3.63) is 178 Å². The molecule has 0 aromatic heterocycles. The van der Waals surface area contributed by atoms with Gasteiger partial charge in [0.1, 0.15) is 31.3 Å². The molecule has 0 spiro atoms. The topological polar surface area (TPSA) is 143 Å². The summed E-state index contributed by atoms with van der Waals surface area (Å²) in [7, 11) is 0.553. The molecule has 6 aromatic carbocycles. The van der Waals surface area contributed by atoms with Crippen LogP contribution in [0, 0.1) is 10.8 Å². The van der Waals surface area contributed by atoms with Crippen molar-refractivity contribution in [1.82, 2.24) is 14.7 Å². The van der Waals surface area contributed by atoms with Crippen LogP contribution in [-0.4, -0.2) is 177 Å². The molecule has 0 radical (unpaired) electrons. The van der Waals surface area contributed by atoms with Crippen LogP contribution in [0.2, 0.25) is 0 Å². The normalized spacial score (nSPS) is 24.3. The van der Waals surface area contributed by atoms with Gasteiger partial charge in [0.2, 0.25) is 0 Å². The van der Waals surface area contributed by atoms with Gasteiger partial charge in [-0.15, -0.1) is 11.6 Å². The number of quaternary nitrogens is 1. The lowest BCUT2D eigenvalue weighted by Crippen LogP contribution is -3.00. The third-order valence-electron chi connectivity index (χ3n) is 22.2. The molecular weight excluding hydrogens is 1310 g/mol. The van der Waals surface area contributed by atoms with Crippen LogP contribution < -0.4 is 31.7 Å². The minimum Gasteiger partial charge on any atom is -1.00 e. The summed E-state index contributed by atoms with van der Waals surface area (Å²) in [6.45, 7) is 25.9. The Balaban J connectivity index is 0.000000205. The SMILES string of the molecule is C1CN2CCN1CC2.CCCCC1(CCCC)CS(=O)(=O)c2ccc(N(C)C)cc2C(c2ccc(OCc3ccc(CCl)cc3)cc2)[C@H]1O.CCCCC1(CCCC)CS(=O)(=O)c2ccc(N(C)C)cc2C(c2ccc(OCc3ccc(C[N+]45CCN(CC4)CC5)cc3)cc2)[C@H]1O.[Cl-]. The van der Waals surface area contributed by atoms with Crippen molar-refractivity contribution in [2.24, 2.45) is 10.8 Å². The number of aliphatic hydroxyl groups excluding tert-OH is 2. The molecule has 8 aliphatic rings. The number of aliphatic hydroxyl groups is 2. The van der Waals surface area contributed by atoms with Crippen LogP contribution in [0.15, 0.2) is 143 Å². The summed E-state index contributed by atoms with van der Waals surface area (Å²) in [6.07, 6.45) is 8.37. The second-order valence-corrected chi connectivity index (χ2v) is 33.6. The monoisotopic (exact) mass is 1420 g/mol. The van der Waals surface area contributed by atoms with E-state index in [2.05, 4.69) is 66.7 Å². The molecule has 536 valence electrons. The zero-order valence-electron chi connectivity index (χ0n) is 59.8. The average Bonchev–Trinajstić information content (AvgIpc) is 1.58. The van der Waals surface area contributed by atoms with E-state index in [0.29, 0.717) is 65.7 Å². The van der Waals surface area contributed by atoms with Gasteiger partial charge in [0.25, 0.3) is 0 Å². The molecule has 0 aliphatic carbocycles. The van der Waals surface area contributed by atoms with Crippen LogP contribution in [0.1, 0.15) is 161 Å². The van der Waals surface area contributed by atoms with E-state index in [1.165, 1.54) is 88.6 Å². The summed E-state index contributed by atoms with van der Waals surface area (Å²) in [5, 5.41) is 24.8. The number of hydrogen-bond acceptors (Lipinski definition) is 13. The molecule has 2 unspecified atom stereocenters. The van der Waals surface area contributed by atoms with Crippen molar-refractivity contribution >= 4 is 42.7 Å². The van der Waals surface area contributed by atoms with Gasteiger partial charge in [-0.1, -0.05) is 152 Å². The van der Waals surface area contributed by atoms with Crippen LogP contribution in [0.4, 0.5) is 11.4 Å². The van der Waals surface area contributed by atoms with Gasteiger partial charge in [-0.05, 0) is 125 Å². The van der Waals surface area contributed by atoms with E-state index in [0.717, 1.165) is 109 Å². The van der Waals surface area contributed by atoms with Crippen molar-refractivity contribution in [3.63, 3.8) is 0 Å². The van der Waals surface area contributed by atoms with Crippen molar-refractivity contribution in [1.29, 1.82) is 0 Å². The molecule has 98 heavy (non-hydrogen) atoms. The van der Waals surface area contributed by atoms with E-state index in [1.54, 1.807) is 12.1 Å². The minimum absolute atomic E-state index is 0. The smallest absolute Gasteiger partial charge is 0.179 e. The molecule has 14 rings (SSSR count). The molecule has 8 aliphatic heterocycles. The van der Waals surface area contributed by atoms with Crippen molar-refractivity contribution in [2.75, 3.05) is 128 Å². The highest BCUT2D eigenvalue weighted by atomic mass is 35.5. The first-order valence-electron chi connectivity index (χ1n) is 36.3. The van der Waals surface area contributed by atoms with E-state index >= 15 is 0 Å². The standard InChI is InChI=1S/C40H56N3O4S.C34H44ClNO4S.C6H12N2.ClH/c1-5-7-19-40(20-8-6-2)30-48(45,46)37-18-15-34(41(3)4)27-36(37)38(39(40)44)33-13-16-35(17-14-33)47-29-32-11-9-31(10-12-32)28-43-24-21-42(22-25-43)23-26-43;1-5-7-19-34(20-8-6-2)24-41(38,39)31-18-15-28(36(3)4)21-30(31)32(33(34)37)27-13-16-29(17-14-27)40-23-26-11-9-25(22-35)10-12-26;1-2-8-5-3-7(1)4-6-8;/h9-18,27,38-39,44H,5-8,19-26,28-30H2,1-4H3;9-18,21,32-33,37H,5-8,19-20,22-24H2,1-4H3;1-6H2;1H/q+1;;;/p-1/t38?,39-;32?,33-;;/m11../s1. The maximum Gasteiger partial charge on any atom is 0.179 e. The fourth-order valence-electron chi connectivity index (χ4n) is 16.0. The zero-order chi connectivity index (χ0) is 69.0. The second kappa shape index (κ2) is 34.6. The number of halogens is 2. The van der Waals surface area contributed by atoms with Crippen LogP contribution in [0.3, 0.4) is 0 Å². The average molecular weight is 1420 g/mol. The molecule has 0 saturated carbocycles. The third-order valence-corrected chi connectivity index (χ3v) is 26.5. The largest absolute Gasteiger partial charge is 1.00 e. The Morgan fingerprint density at radius 3 is 1.11 bits per heavy atom. The lowest BCUT2D eigenvalue weighted by Gasteiger charge is -2.50. The van der Waals surface area contributed by atoms with Gasteiger partial charge in [0, 0.05) is 133 Å². The predicted molar refractivity (Wildman–Crippen MR) is 396 cm³/mol. The van der Waals surface area contributed by atoms with Gasteiger partial charge >= 0.3 is 0 Å². The number of hydrogen-bond donors (Lipinski definition) is 2. The van der Waals surface area contributed by atoms with E-state index in [9.17, 15) is 27.0 Å². The number of unbranched alkanes of at least 4 members (excludes halogenated alkanes) is 4. The minimum atomic E-state index is -3.63. The van der Waals surface area contributed by atoms with E-state index in [-0.39, 0.29) is 23.9 Å². The van der Waals surface area contributed by atoms with Gasteiger partial charge in [-0.25, -0.2) is 16.8 Å². The molecule has 8 heterocycles. The molecule has 4 atom stereocenters. The van der Waals surface area contributed by atoms with Gasteiger partial charge in [0.15, 0.2) is 19.7 Å². The highest BCUT2D eigenvalue weighted by Gasteiger charge is 2.51. The van der Waals surface area contributed by atoms with Gasteiger partial charge in [-0.2, -0.15) is 0 Å². The maximum atomic E-state index is 14.1. The Kier molecular flexibility index (Phi) is 27.2. The van der Waals surface area contributed by atoms with E-state index in [4.69, 9.17) is 21.1 Å². The van der Waals surface area contributed by atoms with E-state index < -0.39 is 54.5 Å². The quantitative estimate of drug-likeness (QED) is 0.0415. The van der Waals surface area contributed by atoms with Gasteiger partial charge in [-0.3, -0.25) is 14.7 Å². The first-order valence-corrected chi connectivity index (χ1v) is 40.1. The summed E-state index contributed by atoms with van der Waals surface area (Å²) in [4.78, 5) is 12.3. The first-order chi connectivity index (χ1) is 46.7. The number of fused-ring (bicyclic) bond motifs is 8. The molecule has 14 nitrogen and oxygen atoms in total. The summed E-state index contributed by atoms with van der Waals surface area (Å²) >= 11 is 5.91. The Morgan fingerprint density at radius 1 is 0.469 bits per heavy atom. The molecule has 4 bridgehead atoms. The number of sulfone groups is 2. The second-order valence-electron chi connectivity index (χ2n) is 29.4. The van der Waals surface area contributed by atoms with Crippen LogP contribution in [0.25, 0.3) is 0 Å². The van der Waals surface area contributed by atoms with Crippen molar-refractivity contribution in [2.45, 2.75) is 164 Å². The summed E-state index contributed by atoms with van der Waals surface area (Å²) < 4.78 is 69.8. The van der Waals surface area contributed by atoms with Crippen molar-refractivity contribution in [3.8, 4) is 11.5 Å². The zero-order valence-corrected chi connectivity index (χ0v) is 63.0. The Morgan fingerprint density at radius 2 is 0.796 bits per heavy atom. The maximum absolute atomic E-state index is 14.1. The number of piperazine rings is 6. The number of alkyl halides is 1. The highest BCUT2D eigenvalue weighted by molar-refractivity contribution is 7.91. The third kappa shape index (κ3) is 18.5. The molecule has 6 aromatic rings. The van der Waals surface area contributed by atoms with Crippen LogP contribution in [0.5, 0.6) is 11.5 Å². The first kappa shape index (κ1) is 76.9. The summed E-state index contributed by atoms with van der Waals surface area (Å²) in [5.74, 6) is 0.953. The summed E-state index contributed by atoms with van der Waals surface area (Å²) in [5.41, 5.74) is 8.20. The molecule has 18 heteroatoms. The molecular formula is C80H112Cl2N6O8S2. The molecule has 0 amide bonds. The number of nitrogens with zero attached hydrogens (tertiary/aromatic N) is 6. The molecule has 6 saturated heterocycles. The number of anilines is 2. The van der Waals surface area contributed by atoms with Crippen LogP contribution >= 0.6 is 11.6 Å². The number of rotatable bonds is 25. The van der Waals surface area contributed by atoms with Crippen molar-refractivity contribution < 1.29 is 53.4 Å². The highest BCUT2D eigenvalue weighted by Crippen LogP contribution is 2.52. The lowest BCUT2D eigenvalue weighted by atomic mass is 9.68. The van der Waals surface area contributed by atoms with Gasteiger partial charge in [0.05, 0.1) is 53.1 Å². The molecule has 6 fully saturated rings. The van der Waals surface area contributed by atoms with Crippen LogP contribution in [-0.2, 0) is 45.3 Å². The Bertz CT molecular complexity index is 3660. The molecule has 2 N–H and O–H groups in total. The lowest BCUT2D eigenvalue weighted by molar-refractivity contribution is -0.953. The predicted octanol–water partition coefficient (Wildman–Crippen LogP) is 11.0. The summed E-state index contributed by atoms with van der Waals surface area (Å²) in [6, 6.07) is 43.9. The fraction of sp³-hybridized carbons (Fsp3) is 0.550. The van der Waals surface area contributed by atoms with E-state index in [1.807, 2.05) is 135 Å². The number of ether oxygens (including phenoxy) is 2. The Labute approximate surface area is 599 Å². The fourth-order valence-corrected chi connectivity index (χ4v) is 20.6. The van der Waals surface area contributed by atoms with Gasteiger partial charge < -0.3 is 46.4 Å².